The number of nitrogens with two attached hydrogens (primary N) is 1. The van der Waals surface area contributed by atoms with Gasteiger partial charge < -0.3 is 46.4 Å². The molecule has 3 atom stereocenters. The Hall–Kier alpha value is -6.38. The molecule has 0 saturated heterocycles. The molecule has 0 aliphatic rings. The Morgan fingerprint density at radius 1 is 0.945 bits per heavy atom. The van der Waals surface area contributed by atoms with Crippen LogP contribution in [-0.2, 0) is 33.6 Å². The van der Waals surface area contributed by atoms with Crippen LogP contribution in [-0.4, -0.2) is 68.3 Å². The quantitative estimate of drug-likeness (QED) is 0.0556. The molecular weight excluding hydrogens is 702 g/mol. The van der Waals surface area contributed by atoms with Gasteiger partial charge in [0, 0.05) is 42.9 Å². The van der Waals surface area contributed by atoms with Crippen LogP contribution in [0.5, 0.6) is 5.75 Å². The predicted octanol–water partition coefficient (Wildman–Crippen LogP) is 4.36. The zero-order valence-electron chi connectivity index (χ0n) is 31.7. The van der Waals surface area contributed by atoms with Gasteiger partial charge in [-0.05, 0) is 87.1 Å². The van der Waals surface area contributed by atoms with Crippen LogP contribution >= 0.6 is 0 Å². The maximum atomic E-state index is 14.5. The third-order valence-electron chi connectivity index (χ3n) is 8.88. The van der Waals surface area contributed by atoms with Crippen molar-refractivity contribution in [2.45, 2.75) is 84.0 Å². The summed E-state index contributed by atoms with van der Waals surface area (Å²) in [6.07, 6.45) is 1.80. The van der Waals surface area contributed by atoms with Gasteiger partial charge in [-0.1, -0.05) is 53.7 Å². The number of alkyl carbamates (subject to hydrolysis) is 1. The van der Waals surface area contributed by atoms with Crippen LogP contribution < -0.4 is 27.0 Å². The maximum absolute atomic E-state index is 14.5. The number of nitrogens with one attached hydrogen (secondary N) is 6. The molecule has 0 unspecified atom stereocenters. The molecule has 290 valence electrons. The Morgan fingerprint density at radius 3 is 2.31 bits per heavy atom. The number of para-hydroxylation sites is 1. The number of aromatic nitrogens is 3. The summed E-state index contributed by atoms with van der Waals surface area (Å²) in [6, 6.07) is 17.5. The highest BCUT2D eigenvalue weighted by Crippen LogP contribution is 2.26. The van der Waals surface area contributed by atoms with Gasteiger partial charge in [-0.3, -0.25) is 15.0 Å². The minimum absolute atomic E-state index is 0.0195. The third kappa shape index (κ3) is 11.3. The third-order valence-corrected chi connectivity index (χ3v) is 8.88. The lowest BCUT2D eigenvalue weighted by Crippen LogP contribution is -2.56. The van der Waals surface area contributed by atoms with Crippen LogP contribution in [0.4, 0.5) is 4.79 Å². The molecule has 3 amide bonds. The first-order valence-electron chi connectivity index (χ1n) is 18.0. The topological polar surface area (TPSA) is 233 Å². The van der Waals surface area contributed by atoms with Crippen molar-refractivity contribution < 1.29 is 28.8 Å². The number of phenols is 1. The summed E-state index contributed by atoms with van der Waals surface area (Å²) in [5.41, 5.74) is 9.61. The van der Waals surface area contributed by atoms with E-state index in [4.69, 9.17) is 20.4 Å². The summed E-state index contributed by atoms with van der Waals surface area (Å²) in [5.74, 6) is -0.820. The second-order valence-electron chi connectivity index (χ2n) is 14.5. The number of fused-ring (bicyclic) bond motifs is 1. The number of nitrogens with zero attached hydrogens (tertiary/aromatic N) is 2. The highest BCUT2D eigenvalue weighted by atomic mass is 16.6. The number of amides is 3. The highest BCUT2D eigenvalue weighted by molar-refractivity contribution is 5.92. The van der Waals surface area contributed by atoms with Crippen LogP contribution in [0.1, 0.15) is 72.8 Å². The van der Waals surface area contributed by atoms with Gasteiger partial charge in [0.2, 0.25) is 17.7 Å². The standard InChI is InChI=1S/C40H49N9O6/c1-23-17-27(50)18-24(2)29(23)21-32(45-35(51)31(15-16-43-38(41)42)47-39(53)54-40(3,4)5)36(52)46-33(20-26-22-44-30-14-10-9-13-28(26)30)37-48-34(49-55-37)19-25-11-7-6-8-12-25/h6-14,17-18,22,31-33,44,50H,15-16,19-21H2,1-5H3,(H,45,51)(H,46,52)(H,47,53)(H4,41,42,43)/t31-,32+,33+/m1/s1. The largest absolute Gasteiger partial charge is 0.508 e. The van der Waals surface area contributed by atoms with E-state index in [0.29, 0.717) is 12.2 Å². The van der Waals surface area contributed by atoms with E-state index in [1.54, 1.807) is 32.9 Å². The van der Waals surface area contributed by atoms with Crippen molar-refractivity contribution in [3.05, 3.63) is 112 Å². The SMILES string of the molecule is Cc1cc(O)cc(C)c1C[C@H](NC(=O)[C@@H](CCNC(=N)N)NC(=O)OC(C)(C)C)C(=O)N[C@@H](Cc1c[nH]c2ccccc12)c1nc(Cc2ccccc2)no1. The van der Waals surface area contributed by atoms with Crippen molar-refractivity contribution in [1.29, 1.82) is 5.41 Å². The number of aryl methyl sites for hydroxylation is 2. The highest BCUT2D eigenvalue weighted by Gasteiger charge is 2.32. The van der Waals surface area contributed by atoms with E-state index >= 15 is 0 Å². The number of carbonyl (C=O) groups excluding carboxylic acids is 3. The number of phenolic OH excluding ortho intramolecular Hbond substituents is 1. The summed E-state index contributed by atoms with van der Waals surface area (Å²) in [5, 5.41) is 34.1. The number of aromatic amines is 1. The number of carbonyl (C=O) groups is 3. The van der Waals surface area contributed by atoms with E-state index in [1.807, 2.05) is 74.6 Å². The molecule has 5 rings (SSSR count). The number of aromatic hydroxyl groups is 1. The lowest BCUT2D eigenvalue weighted by atomic mass is 9.95. The Balaban J connectivity index is 1.47. The Kier molecular flexibility index (Phi) is 12.8. The fourth-order valence-electron chi connectivity index (χ4n) is 6.30. The number of rotatable bonds is 15. The lowest BCUT2D eigenvalue weighted by molar-refractivity contribution is -0.130. The van der Waals surface area contributed by atoms with E-state index in [9.17, 15) is 19.5 Å². The molecule has 0 saturated carbocycles. The second-order valence-corrected chi connectivity index (χ2v) is 14.5. The van der Waals surface area contributed by atoms with Crippen molar-refractivity contribution in [2.75, 3.05) is 6.54 Å². The lowest BCUT2D eigenvalue weighted by Gasteiger charge is -2.27. The predicted molar refractivity (Wildman–Crippen MR) is 207 cm³/mol. The van der Waals surface area contributed by atoms with Gasteiger partial charge in [0.05, 0.1) is 0 Å². The van der Waals surface area contributed by atoms with Crippen LogP contribution in [0.25, 0.3) is 10.9 Å². The Morgan fingerprint density at radius 2 is 1.62 bits per heavy atom. The van der Waals surface area contributed by atoms with Crippen LogP contribution in [0.15, 0.2) is 77.4 Å². The van der Waals surface area contributed by atoms with Gasteiger partial charge >= 0.3 is 6.09 Å². The minimum atomic E-state index is -1.17. The number of H-pyrrole nitrogens is 1. The van der Waals surface area contributed by atoms with Gasteiger partial charge in [-0.15, -0.1) is 0 Å². The number of benzene rings is 3. The molecule has 0 bridgehead atoms. The molecule has 0 fully saturated rings. The molecule has 0 radical (unpaired) electrons. The summed E-state index contributed by atoms with van der Waals surface area (Å²) >= 11 is 0. The van der Waals surface area contributed by atoms with Crippen molar-refractivity contribution in [2.24, 2.45) is 5.73 Å². The molecule has 15 nitrogen and oxygen atoms in total. The number of ether oxygens (including phenoxy) is 1. The van der Waals surface area contributed by atoms with Crippen LogP contribution in [0.2, 0.25) is 0 Å². The molecule has 3 aromatic carbocycles. The fraction of sp³-hybridized carbons (Fsp3) is 0.350. The van der Waals surface area contributed by atoms with Gasteiger partial charge in [0.1, 0.15) is 29.5 Å². The van der Waals surface area contributed by atoms with Crippen molar-refractivity contribution in [3.63, 3.8) is 0 Å². The summed E-state index contributed by atoms with van der Waals surface area (Å²) in [4.78, 5) is 49.4. The molecule has 2 heterocycles. The fourth-order valence-corrected chi connectivity index (χ4v) is 6.30. The number of hydrogen-bond acceptors (Lipinski definition) is 9. The number of guanidine groups is 1. The summed E-state index contributed by atoms with van der Waals surface area (Å²) in [6.45, 7) is 8.79. The van der Waals surface area contributed by atoms with Gasteiger partial charge in [0.25, 0.3) is 0 Å². The van der Waals surface area contributed by atoms with Crippen LogP contribution in [0, 0.1) is 19.3 Å². The second kappa shape index (κ2) is 17.6. The van der Waals surface area contributed by atoms with Crippen LogP contribution in [0.3, 0.4) is 0 Å². The van der Waals surface area contributed by atoms with Gasteiger partial charge in [-0.2, -0.15) is 4.98 Å². The zero-order chi connectivity index (χ0) is 39.7. The van der Waals surface area contributed by atoms with E-state index in [1.165, 1.54) is 0 Å². The van der Waals surface area contributed by atoms with E-state index in [0.717, 1.165) is 38.7 Å². The van der Waals surface area contributed by atoms with Crippen molar-refractivity contribution in [1.82, 2.24) is 36.4 Å². The van der Waals surface area contributed by atoms with E-state index < -0.39 is 41.6 Å². The first kappa shape index (κ1) is 39.8. The number of hydrogen-bond donors (Lipinski definition) is 8. The average Bonchev–Trinajstić information content (AvgIpc) is 3.75. The monoisotopic (exact) mass is 751 g/mol. The molecule has 5 aromatic rings. The van der Waals surface area contributed by atoms with Gasteiger partial charge in [0.15, 0.2) is 11.8 Å². The van der Waals surface area contributed by atoms with E-state index in [-0.39, 0.29) is 43.4 Å². The van der Waals surface area contributed by atoms with E-state index in [2.05, 4.69) is 36.4 Å². The first-order valence-corrected chi connectivity index (χ1v) is 18.0. The summed E-state index contributed by atoms with van der Waals surface area (Å²) in [7, 11) is 0. The first-order chi connectivity index (χ1) is 26.1. The molecule has 9 N–H and O–H groups in total. The molecule has 15 heteroatoms. The molecule has 0 spiro atoms. The molecule has 55 heavy (non-hydrogen) atoms. The van der Waals surface area contributed by atoms with Gasteiger partial charge in [-0.25, -0.2) is 4.79 Å². The summed E-state index contributed by atoms with van der Waals surface area (Å²) < 4.78 is 11.2. The Bertz CT molecular complexity index is 2100. The van der Waals surface area contributed by atoms with Crippen molar-refractivity contribution in [3.8, 4) is 5.75 Å². The molecule has 0 aliphatic heterocycles. The normalized spacial score (nSPS) is 13.0. The zero-order valence-corrected chi connectivity index (χ0v) is 31.7. The Labute approximate surface area is 319 Å². The van der Waals surface area contributed by atoms with Crippen molar-refractivity contribution >= 4 is 34.8 Å². The average molecular weight is 752 g/mol. The molecule has 0 aliphatic carbocycles. The maximum Gasteiger partial charge on any atom is 0.408 e. The smallest absolute Gasteiger partial charge is 0.408 e. The minimum Gasteiger partial charge on any atom is -0.508 e. The molecular formula is C40H49N9O6. The molecule has 2 aromatic heterocycles.